The summed E-state index contributed by atoms with van der Waals surface area (Å²) < 4.78 is 10.6. The third-order valence-corrected chi connectivity index (χ3v) is 6.44. The SMILES string of the molecule is COc1ccc(-c2n[nH]c(CNC(=O)c3cc(-c4cc(C)sc4C)nc4onc(C)c34)n2)cc1. The van der Waals surface area contributed by atoms with E-state index in [0.717, 1.165) is 21.8 Å². The highest BCUT2D eigenvalue weighted by Crippen LogP contribution is 2.32. The van der Waals surface area contributed by atoms with Crippen LogP contribution < -0.4 is 10.1 Å². The highest BCUT2D eigenvalue weighted by molar-refractivity contribution is 7.12. The number of carbonyl (C=O) groups is 1. The summed E-state index contributed by atoms with van der Waals surface area (Å²) in [5, 5.41) is 14.7. The Morgan fingerprint density at radius 1 is 1.15 bits per heavy atom. The fourth-order valence-electron chi connectivity index (χ4n) is 3.80. The van der Waals surface area contributed by atoms with E-state index in [1.54, 1.807) is 31.4 Å². The molecule has 34 heavy (non-hydrogen) atoms. The van der Waals surface area contributed by atoms with E-state index >= 15 is 0 Å². The zero-order valence-corrected chi connectivity index (χ0v) is 19.9. The standard InChI is InChI=1S/C24H22N6O3S/c1-12-9-17(14(3)34-12)19-10-18(21-13(2)30-33-24(21)26-19)23(31)25-11-20-27-22(29-28-20)15-5-7-16(32-4)8-6-15/h5-10H,11H2,1-4H3,(H,25,31)(H,27,28,29). The minimum atomic E-state index is -0.271. The molecule has 5 aromatic rings. The molecular weight excluding hydrogens is 452 g/mol. The van der Waals surface area contributed by atoms with Gasteiger partial charge >= 0.3 is 0 Å². The van der Waals surface area contributed by atoms with Crippen LogP contribution in [0, 0.1) is 20.8 Å². The number of aromatic nitrogens is 5. The first-order chi connectivity index (χ1) is 16.4. The number of methoxy groups -OCH3 is 1. The molecule has 0 spiro atoms. The summed E-state index contributed by atoms with van der Waals surface area (Å²) in [6.07, 6.45) is 0. The fraction of sp³-hybridized carbons (Fsp3) is 0.208. The highest BCUT2D eigenvalue weighted by Gasteiger charge is 2.21. The van der Waals surface area contributed by atoms with Crippen LogP contribution in [0.3, 0.4) is 0 Å². The number of nitrogens with one attached hydrogen (secondary N) is 2. The maximum absolute atomic E-state index is 13.2. The molecule has 0 saturated heterocycles. The molecule has 0 aliphatic heterocycles. The average molecular weight is 475 g/mol. The van der Waals surface area contributed by atoms with Crippen molar-refractivity contribution in [2.45, 2.75) is 27.3 Å². The van der Waals surface area contributed by atoms with Crippen molar-refractivity contribution in [3.8, 4) is 28.4 Å². The van der Waals surface area contributed by atoms with Gasteiger partial charge in [-0.2, -0.15) is 5.10 Å². The van der Waals surface area contributed by atoms with Crippen molar-refractivity contribution in [2.24, 2.45) is 0 Å². The lowest BCUT2D eigenvalue weighted by atomic mass is 10.1. The molecule has 0 atom stereocenters. The molecule has 1 amide bonds. The van der Waals surface area contributed by atoms with Gasteiger partial charge in [0.15, 0.2) is 5.82 Å². The Bertz CT molecular complexity index is 1500. The number of hydrogen-bond acceptors (Lipinski definition) is 8. The number of hydrogen-bond donors (Lipinski definition) is 2. The van der Waals surface area contributed by atoms with Gasteiger partial charge in [-0.3, -0.25) is 9.89 Å². The molecule has 9 nitrogen and oxygen atoms in total. The van der Waals surface area contributed by atoms with Gasteiger partial charge in [-0.15, -0.1) is 11.3 Å². The number of H-pyrrole nitrogens is 1. The summed E-state index contributed by atoms with van der Waals surface area (Å²) in [6, 6.07) is 11.3. The van der Waals surface area contributed by atoms with E-state index in [0.29, 0.717) is 39.7 Å². The number of rotatable bonds is 6. The number of thiophene rings is 1. The van der Waals surface area contributed by atoms with Crippen molar-refractivity contribution >= 4 is 28.3 Å². The van der Waals surface area contributed by atoms with Gasteiger partial charge in [0, 0.05) is 20.9 Å². The topological polar surface area (TPSA) is 119 Å². The smallest absolute Gasteiger partial charge is 0.259 e. The molecule has 10 heteroatoms. The summed E-state index contributed by atoms with van der Waals surface area (Å²) in [5.41, 5.74) is 3.90. The number of aryl methyl sites for hydroxylation is 3. The summed E-state index contributed by atoms with van der Waals surface area (Å²) in [5.74, 6) is 1.56. The van der Waals surface area contributed by atoms with E-state index in [4.69, 9.17) is 9.26 Å². The first-order valence-corrected chi connectivity index (χ1v) is 11.4. The van der Waals surface area contributed by atoms with Gasteiger partial charge in [0.1, 0.15) is 11.6 Å². The summed E-state index contributed by atoms with van der Waals surface area (Å²) in [7, 11) is 1.62. The van der Waals surface area contributed by atoms with Crippen molar-refractivity contribution < 1.29 is 14.1 Å². The van der Waals surface area contributed by atoms with E-state index < -0.39 is 0 Å². The van der Waals surface area contributed by atoms with Gasteiger partial charge in [0.25, 0.3) is 11.6 Å². The van der Waals surface area contributed by atoms with Crippen LogP contribution in [-0.4, -0.2) is 38.3 Å². The first-order valence-electron chi connectivity index (χ1n) is 10.6. The van der Waals surface area contributed by atoms with E-state index in [9.17, 15) is 4.79 Å². The molecule has 0 bridgehead atoms. The number of aromatic amines is 1. The highest BCUT2D eigenvalue weighted by atomic mass is 32.1. The third-order valence-electron chi connectivity index (χ3n) is 5.47. The number of nitrogens with zero attached hydrogens (tertiary/aromatic N) is 4. The molecule has 1 aromatic carbocycles. The summed E-state index contributed by atoms with van der Waals surface area (Å²) >= 11 is 1.69. The number of benzene rings is 1. The van der Waals surface area contributed by atoms with Gasteiger partial charge in [0.05, 0.1) is 36.0 Å². The number of ether oxygens (including phenoxy) is 1. The van der Waals surface area contributed by atoms with Gasteiger partial charge in [0.2, 0.25) is 0 Å². The predicted octanol–water partition coefficient (Wildman–Crippen LogP) is 4.60. The number of amides is 1. The van der Waals surface area contributed by atoms with Crippen LogP contribution >= 0.6 is 11.3 Å². The molecule has 0 saturated carbocycles. The van der Waals surface area contributed by atoms with Crippen LogP contribution in [0.5, 0.6) is 5.75 Å². The Morgan fingerprint density at radius 3 is 2.65 bits per heavy atom. The fourth-order valence-corrected chi connectivity index (χ4v) is 4.73. The average Bonchev–Trinajstić information content (AvgIpc) is 3.55. The molecule has 172 valence electrons. The monoisotopic (exact) mass is 474 g/mol. The maximum Gasteiger partial charge on any atom is 0.259 e. The lowest BCUT2D eigenvalue weighted by Crippen LogP contribution is -2.24. The van der Waals surface area contributed by atoms with E-state index in [1.807, 2.05) is 38.1 Å². The zero-order chi connectivity index (χ0) is 23.8. The quantitative estimate of drug-likeness (QED) is 0.369. The lowest BCUT2D eigenvalue weighted by Gasteiger charge is -2.07. The van der Waals surface area contributed by atoms with Crippen LogP contribution in [0.4, 0.5) is 0 Å². The van der Waals surface area contributed by atoms with E-state index in [-0.39, 0.29) is 12.5 Å². The largest absolute Gasteiger partial charge is 0.497 e. The summed E-state index contributed by atoms with van der Waals surface area (Å²) in [4.78, 5) is 24.6. The molecular formula is C24H22N6O3S. The normalized spacial score (nSPS) is 11.2. The first kappa shape index (κ1) is 21.8. The Kier molecular flexibility index (Phi) is 5.58. The van der Waals surface area contributed by atoms with Gasteiger partial charge in [-0.25, -0.2) is 9.97 Å². The Hall–Kier alpha value is -4.05. The third kappa shape index (κ3) is 4.03. The second kappa shape index (κ2) is 8.71. The van der Waals surface area contributed by atoms with Crippen molar-refractivity contribution in [1.29, 1.82) is 0 Å². The van der Waals surface area contributed by atoms with Crippen molar-refractivity contribution in [2.75, 3.05) is 7.11 Å². The minimum absolute atomic E-state index is 0.183. The molecule has 0 radical (unpaired) electrons. The molecule has 4 heterocycles. The predicted molar refractivity (Wildman–Crippen MR) is 129 cm³/mol. The molecule has 0 fully saturated rings. The minimum Gasteiger partial charge on any atom is -0.497 e. The lowest BCUT2D eigenvalue weighted by molar-refractivity contribution is 0.0951. The van der Waals surface area contributed by atoms with Crippen molar-refractivity contribution in [1.82, 2.24) is 30.6 Å². The van der Waals surface area contributed by atoms with Gasteiger partial charge in [-0.05, 0) is 57.2 Å². The van der Waals surface area contributed by atoms with Gasteiger partial charge < -0.3 is 14.6 Å². The molecule has 0 aliphatic rings. The second-order valence-corrected chi connectivity index (χ2v) is 9.31. The van der Waals surface area contributed by atoms with E-state index in [1.165, 1.54) is 4.88 Å². The maximum atomic E-state index is 13.2. The molecule has 4 aromatic heterocycles. The molecule has 2 N–H and O–H groups in total. The van der Waals surface area contributed by atoms with Crippen LogP contribution in [0.25, 0.3) is 33.7 Å². The summed E-state index contributed by atoms with van der Waals surface area (Å²) in [6.45, 7) is 6.06. The Labute approximate surface area is 199 Å². The number of carbonyl (C=O) groups excluding carboxylic acids is 1. The van der Waals surface area contributed by atoms with Crippen molar-refractivity contribution in [3.63, 3.8) is 0 Å². The molecule has 0 unspecified atom stereocenters. The Balaban J connectivity index is 1.40. The van der Waals surface area contributed by atoms with Crippen LogP contribution in [0.1, 0.15) is 31.6 Å². The van der Waals surface area contributed by atoms with Crippen LogP contribution in [0.15, 0.2) is 40.9 Å². The number of fused-ring (bicyclic) bond motifs is 1. The van der Waals surface area contributed by atoms with Crippen LogP contribution in [0.2, 0.25) is 0 Å². The van der Waals surface area contributed by atoms with Gasteiger partial charge in [-0.1, -0.05) is 5.16 Å². The number of pyridine rings is 1. The molecule has 5 rings (SSSR count). The Morgan fingerprint density at radius 2 is 1.94 bits per heavy atom. The molecule has 0 aliphatic carbocycles. The van der Waals surface area contributed by atoms with Crippen LogP contribution in [-0.2, 0) is 6.54 Å². The van der Waals surface area contributed by atoms with E-state index in [2.05, 4.69) is 36.7 Å². The van der Waals surface area contributed by atoms with Crippen molar-refractivity contribution in [3.05, 3.63) is 63.2 Å². The zero-order valence-electron chi connectivity index (χ0n) is 19.1. The second-order valence-electron chi connectivity index (χ2n) is 7.85.